The van der Waals surface area contributed by atoms with E-state index in [1.807, 2.05) is 18.5 Å². The molecule has 1 aromatic carbocycles. The number of benzene rings is 1. The smallest absolute Gasteiger partial charge is 0.0958 e. The lowest BCUT2D eigenvalue weighted by atomic mass is 10.1. The largest absolute Gasteiger partial charge is 0.383 e. The Bertz CT molecular complexity index is 526. The van der Waals surface area contributed by atoms with Crippen LogP contribution >= 0.6 is 0 Å². The number of aromatic nitrogens is 2. The molecule has 5 heteroatoms. The Balaban J connectivity index is 1.75. The van der Waals surface area contributed by atoms with E-state index in [0.29, 0.717) is 6.04 Å². The van der Waals surface area contributed by atoms with Crippen molar-refractivity contribution >= 4 is 11.0 Å². The second-order valence-corrected chi connectivity index (χ2v) is 5.32. The van der Waals surface area contributed by atoms with Gasteiger partial charge in [0.15, 0.2) is 0 Å². The SMILES string of the molecule is COCC(CCCN)NCCCn1cnc2ccccc21. The Hall–Kier alpha value is -1.43. The first kappa shape index (κ1) is 15.9. The number of ether oxygens (including phenoxy) is 1. The monoisotopic (exact) mass is 290 g/mol. The molecule has 0 fully saturated rings. The summed E-state index contributed by atoms with van der Waals surface area (Å²) in [6.07, 6.45) is 5.10. The van der Waals surface area contributed by atoms with Gasteiger partial charge >= 0.3 is 0 Å². The highest BCUT2D eigenvalue weighted by Gasteiger charge is 2.07. The van der Waals surface area contributed by atoms with Crippen molar-refractivity contribution < 1.29 is 4.74 Å². The first-order valence-corrected chi connectivity index (χ1v) is 7.67. The predicted octanol–water partition coefficient (Wildman–Crippen LogP) is 1.77. The first-order valence-electron chi connectivity index (χ1n) is 7.67. The van der Waals surface area contributed by atoms with Gasteiger partial charge in [-0.2, -0.15) is 0 Å². The van der Waals surface area contributed by atoms with Gasteiger partial charge in [-0.1, -0.05) is 12.1 Å². The normalized spacial score (nSPS) is 12.9. The Morgan fingerprint density at radius 3 is 3.00 bits per heavy atom. The number of hydrogen-bond acceptors (Lipinski definition) is 4. The molecule has 1 unspecified atom stereocenters. The number of nitrogens with one attached hydrogen (secondary N) is 1. The van der Waals surface area contributed by atoms with Crippen LogP contribution in [0.2, 0.25) is 0 Å². The lowest BCUT2D eigenvalue weighted by molar-refractivity contribution is 0.161. The lowest BCUT2D eigenvalue weighted by Crippen LogP contribution is -2.34. The highest BCUT2D eigenvalue weighted by atomic mass is 16.5. The zero-order valence-electron chi connectivity index (χ0n) is 12.8. The minimum atomic E-state index is 0.401. The second-order valence-electron chi connectivity index (χ2n) is 5.32. The molecular weight excluding hydrogens is 264 g/mol. The fourth-order valence-electron chi connectivity index (χ4n) is 2.55. The zero-order chi connectivity index (χ0) is 14.9. The van der Waals surface area contributed by atoms with E-state index in [1.165, 1.54) is 5.52 Å². The summed E-state index contributed by atoms with van der Waals surface area (Å²) in [6.45, 7) is 3.44. The van der Waals surface area contributed by atoms with Crippen LogP contribution in [-0.2, 0) is 11.3 Å². The van der Waals surface area contributed by atoms with Crippen molar-refractivity contribution in [1.82, 2.24) is 14.9 Å². The number of hydrogen-bond donors (Lipinski definition) is 2. The van der Waals surface area contributed by atoms with Gasteiger partial charge in [0.25, 0.3) is 0 Å². The fourth-order valence-corrected chi connectivity index (χ4v) is 2.55. The summed E-state index contributed by atoms with van der Waals surface area (Å²) in [5.41, 5.74) is 7.83. The van der Waals surface area contributed by atoms with E-state index < -0.39 is 0 Å². The van der Waals surface area contributed by atoms with Gasteiger partial charge in [-0.25, -0.2) is 4.98 Å². The van der Waals surface area contributed by atoms with E-state index in [0.717, 1.165) is 51.0 Å². The molecule has 0 aliphatic rings. The summed E-state index contributed by atoms with van der Waals surface area (Å²) in [5.74, 6) is 0. The second kappa shape index (κ2) is 8.77. The molecule has 0 aliphatic heterocycles. The zero-order valence-corrected chi connectivity index (χ0v) is 12.8. The van der Waals surface area contributed by atoms with E-state index in [4.69, 9.17) is 10.5 Å². The standard InChI is InChI=1S/C16H26N4O/c1-21-12-14(6-4-9-17)18-10-5-11-20-13-19-15-7-2-3-8-16(15)20/h2-3,7-8,13-14,18H,4-6,9-12,17H2,1H3. The molecule has 0 amide bonds. The average molecular weight is 290 g/mol. The Labute approximate surface area is 126 Å². The van der Waals surface area contributed by atoms with Gasteiger partial charge in [0.1, 0.15) is 0 Å². The Kier molecular flexibility index (Phi) is 6.66. The van der Waals surface area contributed by atoms with Crippen LogP contribution in [-0.4, -0.2) is 42.4 Å². The fraction of sp³-hybridized carbons (Fsp3) is 0.562. The number of rotatable bonds is 10. The summed E-state index contributed by atoms with van der Waals surface area (Å²) in [5, 5.41) is 3.55. The molecule has 0 aliphatic carbocycles. The van der Waals surface area contributed by atoms with Gasteiger partial charge in [0.2, 0.25) is 0 Å². The van der Waals surface area contributed by atoms with Crippen LogP contribution in [0.25, 0.3) is 11.0 Å². The highest BCUT2D eigenvalue weighted by Crippen LogP contribution is 2.11. The van der Waals surface area contributed by atoms with Crippen molar-refractivity contribution in [3.63, 3.8) is 0 Å². The molecule has 21 heavy (non-hydrogen) atoms. The maximum Gasteiger partial charge on any atom is 0.0958 e. The van der Waals surface area contributed by atoms with Crippen LogP contribution in [0.4, 0.5) is 0 Å². The number of imidazole rings is 1. The molecule has 1 aromatic heterocycles. The summed E-state index contributed by atoms with van der Waals surface area (Å²) in [6, 6.07) is 8.64. The van der Waals surface area contributed by atoms with Crippen LogP contribution in [0.1, 0.15) is 19.3 Å². The lowest BCUT2D eigenvalue weighted by Gasteiger charge is -2.17. The molecule has 0 radical (unpaired) electrons. The molecule has 0 bridgehead atoms. The molecule has 2 aromatic rings. The Morgan fingerprint density at radius 1 is 1.33 bits per heavy atom. The number of aryl methyl sites for hydroxylation is 1. The van der Waals surface area contributed by atoms with Crippen molar-refractivity contribution in [3.8, 4) is 0 Å². The molecule has 5 nitrogen and oxygen atoms in total. The number of methoxy groups -OCH3 is 1. The number of nitrogens with zero attached hydrogens (tertiary/aromatic N) is 2. The van der Waals surface area contributed by atoms with Crippen molar-refractivity contribution in [2.24, 2.45) is 5.73 Å². The van der Waals surface area contributed by atoms with Gasteiger partial charge in [0, 0.05) is 19.7 Å². The average Bonchev–Trinajstić information content (AvgIpc) is 2.92. The molecule has 0 saturated carbocycles. The molecule has 3 N–H and O–H groups in total. The van der Waals surface area contributed by atoms with Gasteiger partial charge in [-0.3, -0.25) is 0 Å². The molecule has 116 valence electrons. The van der Waals surface area contributed by atoms with Gasteiger partial charge in [0.05, 0.1) is 24.0 Å². The minimum absolute atomic E-state index is 0.401. The third-order valence-corrected chi connectivity index (χ3v) is 3.66. The third kappa shape index (κ3) is 4.81. The van der Waals surface area contributed by atoms with Crippen LogP contribution in [0.3, 0.4) is 0 Å². The number of para-hydroxylation sites is 2. The van der Waals surface area contributed by atoms with Gasteiger partial charge in [-0.05, 0) is 44.5 Å². The predicted molar refractivity (Wildman–Crippen MR) is 86.3 cm³/mol. The summed E-state index contributed by atoms with van der Waals surface area (Å²) >= 11 is 0. The third-order valence-electron chi connectivity index (χ3n) is 3.66. The highest BCUT2D eigenvalue weighted by molar-refractivity contribution is 5.74. The van der Waals surface area contributed by atoms with E-state index in [2.05, 4.69) is 27.0 Å². The van der Waals surface area contributed by atoms with E-state index in [-0.39, 0.29) is 0 Å². The minimum Gasteiger partial charge on any atom is -0.383 e. The summed E-state index contributed by atoms with van der Waals surface area (Å²) in [7, 11) is 1.74. The number of nitrogens with two attached hydrogens (primary N) is 1. The number of fused-ring (bicyclic) bond motifs is 1. The van der Waals surface area contributed by atoms with Crippen molar-refractivity contribution in [3.05, 3.63) is 30.6 Å². The van der Waals surface area contributed by atoms with Crippen LogP contribution in [0.5, 0.6) is 0 Å². The molecule has 1 atom stereocenters. The maximum atomic E-state index is 5.57. The summed E-state index contributed by atoms with van der Waals surface area (Å²) < 4.78 is 7.45. The van der Waals surface area contributed by atoms with E-state index in [9.17, 15) is 0 Å². The van der Waals surface area contributed by atoms with Crippen molar-refractivity contribution in [2.75, 3.05) is 26.8 Å². The van der Waals surface area contributed by atoms with Crippen molar-refractivity contribution in [1.29, 1.82) is 0 Å². The van der Waals surface area contributed by atoms with Gasteiger partial charge < -0.3 is 20.4 Å². The quantitative estimate of drug-likeness (QED) is 0.655. The van der Waals surface area contributed by atoms with E-state index >= 15 is 0 Å². The van der Waals surface area contributed by atoms with Crippen LogP contribution in [0, 0.1) is 0 Å². The molecule has 0 spiro atoms. The molecule has 0 saturated heterocycles. The molecular formula is C16H26N4O. The Morgan fingerprint density at radius 2 is 2.19 bits per heavy atom. The summed E-state index contributed by atoms with van der Waals surface area (Å²) in [4.78, 5) is 4.41. The van der Waals surface area contributed by atoms with Crippen LogP contribution < -0.4 is 11.1 Å². The molecule has 1 heterocycles. The van der Waals surface area contributed by atoms with Crippen LogP contribution in [0.15, 0.2) is 30.6 Å². The maximum absolute atomic E-state index is 5.57. The van der Waals surface area contributed by atoms with Crippen molar-refractivity contribution in [2.45, 2.75) is 31.8 Å². The van der Waals surface area contributed by atoms with Gasteiger partial charge in [-0.15, -0.1) is 0 Å². The van der Waals surface area contributed by atoms with E-state index in [1.54, 1.807) is 7.11 Å². The first-order chi connectivity index (χ1) is 10.3. The topological polar surface area (TPSA) is 65.1 Å². The molecule has 2 rings (SSSR count).